The number of aromatic nitrogens is 2. The third kappa shape index (κ3) is 4.31. The second kappa shape index (κ2) is 8.87. The number of ether oxygens (including phenoxy) is 2. The van der Waals surface area contributed by atoms with Crippen molar-refractivity contribution in [2.24, 2.45) is 0 Å². The number of amides is 1. The van der Waals surface area contributed by atoms with Crippen molar-refractivity contribution in [1.82, 2.24) is 14.9 Å². The number of nitrogens with one attached hydrogen (secondary N) is 1. The molecule has 3 heterocycles. The zero-order valence-electron chi connectivity index (χ0n) is 17.5. The second-order valence-corrected chi connectivity index (χ2v) is 9.21. The van der Waals surface area contributed by atoms with Crippen LogP contribution < -0.4 is 20.3 Å². The summed E-state index contributed by atoms with van der Waals surface area (Å²) in [5.41, 5.74) is 2.35. The van der Waals surface area contributed by atoms with E-state index < -0.39 is 0 Å². The standard InChI is InChI=1S/C23H18FN3O4S2/c1-13-8-15(24)3-4-17(13)27-22(29)21-16(6-7-32-21)26-23(27)33-11-20(28)25-10-14-2-5-18-19(9-14)31-12-30-18/h2-9H,10-12H2,1H3,(H,25,28). The molecule has 5 rings (SSSR count). The Bertz CT molecular complexity index is 1430. The van der Waals surface area contributed by atoms with Gasteiger partial charge in [0.05, 0.1) is 17.0 Å². The maximum atomic E-state index is 13.6. The van der Waals surface area contributed by atoms with Gasteiger partial charge in [-0.05, 0) is 59.8 Å². The largest absolute Gasteiger partial charge is 0.454 e. The minimum Gasteiger partial charge on any atom is -0.454 e. The highest BCUT2D eigenvalue weighted by atomic mass is 32.2. The van der Waals surface area contributed by atoms with Gasteiger partial charge in [-0.3, -0.25) is 14.2 Å². The van der Waals surface area contributed by atoms with Gasteiger partial charge in [0.25, 0.3) is 5.56 Å². The average Bonchev–Trinajstić information content (AvgIpc) is 3.46. The Balaban J connectivity index is 1.36. The van der Waals surface area contributed by atoms with E-state index in [1.807, 2.05) is 18.2 Å². The highest BCUT2D eigenvalue weighted by Crippen LogP contribution is 2.32. The van der Waals surface area contributed by atoms with Crippen LogP contribution in [0.2, 0.25) is 0 Å². The zero-order chi connectivity index (χ0) is 22.9. The first-order chi connectivity index (χ1) is 16.0. The molecule has 2 aromatic heterocycles. The third-order valence-corrected chi connectivity index (χ3v) is 6.94. The topological polar surface area (TPSA) is 82.5 Å². The van der Waals surface area contributed by atoms with Gasteiger partial charge in [0.2, 0.25) is 12.7 Å². The van der Waals surface area contributed by atoms with Crippen LogP contribution >= 0.6 is 23.1 Å². The van der Waals surface area contributed by atoms with Gasteiger partial charge in [0.15, 0.2) is 16.7 Å². The summed E-state index contributed by atoms with van der Waals surface area (Å²) in [6.07, 6.45) is 0. The van der Waals surface area contributed by atoms with Crippen LogP contribution in [-0.4, -0.2) is 28.0 Å². The minimum atomic E-state index is -0.383. The molecular weight excluding hydrogens is 465 g/mol. The third-order valence-electron chi connectivity index (χ3n) is 5.11. The van der Waals surface area contributed by atoms with Crippen LogP contribution in [0.1, 0.15) is 11.1 Å². The molecule has 0 fully saturated rings. The van der Waals surface area contributed by atoms with E-state index in [9.17, 15) is 14.0 Å². The molecule has 0 saturated carbocycles. The number of carbonyl (C=O) groups is 1. The van der Waals surface area contributed by atoms with E-state index >= 15 is 0 Å². The van der Waals surface area contributed by atoms with Crippen molar-refractivity contribution in [3.63, 3.8) is 0 Å². The summed E-state index contributed by atoms with van der Waals surface area (Å²) in [6, 6.07) is 11.5. The molecule has 33 heavy (non-hydrogen) atoms. The summed E-state index contributed by atoms with van der Waals surface area (Å²) in [5.74, 6) is 0.811. The molecule has 2 aromatic carbocycles. The predicted octanol–water partition coefficient (Wildman–Crippen LogP) is 4.03. The first-order valence-corrected chi connectivity index (χ1v) is 11.9. The summed E-state index contributed by atoms with van der Waals surface area (Å²) < 4.78 is 26.3. The monoisotopic (exact) mass is 483 g/mol. The number of carbonyl (C=O) groups excluding carboxylic acids is 1. The molecule has 0 bridgehead atoms. The Morgan fingerprint density at radius 1 is 1.21 bits per heavy atom. The number of benzene rings is 2. The lowest BCUT2D eigenvalue weighted by molar-refractivity contribution is -0.118. The van der Waals surface area contributed by atoms with Crippen molar-refractivity contribution in [1.29, 1.82) is 0 Å². The van der Waals surface area contributed by atoms with Crippen LogP contribution in [0.5, 0.6) is 11.5 Å². The summed E-state index contributed by atoms with van der Waals surface area (Å²) in [7, 11) is 0. The highest BCUT2D eigenvalue weighted by Gasteiger charge is 2.18. The molecule has 0 spiro atoms. The molecule has 0 unspecified atom stereocenters. The van der Waals surface area contributed by atoms with E-state index in [0.29, 0.717) is 44.7 Å². The molecule has 4 aromatic rings. The van der Waals surface area contributed by atoms with E-state index in [0.717, 1.165) is 17.3 Å². The Hall–Kier alpha value is -3.37. The van der Waals surface area contributed by atoms with Gasteiger partial charge in [-0.25, -0.2) is 9.37 Å². The van der Waals surface area contributed by atoms with Crippen molar-refractivity contribution in [3.05, 3.63) is 75.1 Å². The fourth-order valence-corrected chi connectivity index (χ4v) is 5.10. The first kappa shape index (κ1) is 21.5. The molecule has 168 valence electrons. The van der Waals surface area contributed by atoms with Gasteiger partial charge >= 0.3 is 0 Å². The summed E-state index contributed by atoms with van der Waals surface area (Å²) in [5, 5.41) is 5.04. The number of hydrogen-bond donors (Lipinski definition) is 1. The van der Waals surface area contributed by atoms with E-state index in [-0.39, 0.29) is 29.8 Å². The quantitative estimate of drug-likeness (QED) is 0.329. The summed E-state index contributed by atoms with van der Waals surface area (Å²) in [6.45, 7) is 2.26. The van der Waals surface area contributed by atoms with Crippen LogP contribution in [0.15, 0.2) is 57.8 Å². The SMILES string of the molecule is Cc1cc(F)ccc1-n1c(SCC(=O)NCc2ccc3c(c2)OCO3)nc2ccsc2c1=O. The molecule has 0 aliphatic carbocycles. The number of nitrogens with zero attached hydrogens (tertiary/aromatic N) is 2. The Morgan fingerprint density at radius 2 is 2.06 bits per heavy atom. The van der Waals surface area contributed by atoms with Gasteiger partial charge in [0.1, 0.15) is 10.5 Å². The van der Waals surface area contributed by atoms with E-state index in [2.05, 4.69) is 10.3 Å². The number of fused-ring (bicyclic) bond motifs is 2. The average molecular weight is 484 g/mol. The minimum absolute atomic E-state index is 0.0624. The van der Waals surface area contributed by atoms with Crippen LogP contribution in [0, 0.1) is 12.7 Å². The van der Waals surface area contributed by atoms with Gasteiger partial charge < -0.3 is 14.8 Å². The van der Waals surface area contributed by atoms with Crippen molar-refractivity contribution in [2.45, 2.75) is 18.6 Å². The molecule has 1 aliphatic heterocycles. The molecule has 10 heteroatoms. The number of aryl methyl sites for hydroxylation is 1. The van der Waals surface area contributed by atoms with E-state index in [1.165, 1.54) is 28.0 Å². The number of thioether (sulfide) groups is 1. The highest BCUT2D eigenvalue weighted by molar-refractivity contribution is 7.99. The maximum Gasteiger partial charge on any atom is 0.276 e. The van der Waals surface area contributed by atoms with Crippen LogP contribution in [-0.2, 0) is 11.3 Å². The fraction of sp³-hybridized carbons (Fsp3) is 0.174. The smallest absolute Gasteiger partial charge is 0.276 e. The summed E-state index contributed by atoms with van der Waals surface area (Å²) >= 11 is 2.46. The van der Waals surface area contributed by atoms with E-state index in [4.69, 9.17) is 9.47 Å². The zero-order valence-corrected chi connectivity index (χ0v) is 19.1. The second-order valence-electron chi connectivity index (χ2n) is 7.35. The first-order valence-electron chi connectivity index (χ1n) is 10.0. The molecule has 0 atom stereocenters. The molecule has 0 saturated heterocycles. The number of hydrogen-bond acceptors (Lipinski definition) is 7. The fourth-order valence-electron chi connectivity index (χ4n) is 3.50. The van der Waals surface area contributed by atoms with Gasteiger partial charge in [-0.1, -0.05) is 17.8 Å². The molecule has 7 nitrogen and oxygen atoms in total. The van der Waals surface area contributed by atoms with Gasteiger partial charge in [0, 0.05) is 6.54 Å². The van der Waals surface area contributed by atoms with Gasteiger partial charge in [-0.15, -0.1) is 11.3 Å². The lowest BCUT2D eigenvalue weighted by Crippen LogP contribution is -2.26. The molecule has 1 aliphatic rings. The maximum absolute atomic E-state index is 13.6. The molecule has 0 radical (unpaired) electrons. The van der Waals surface area contributed by atoms with Crippen LogP contribution in [0.3, 0.4) is 0 Å². The normalized spacial score (nSPS) is 12.3. The lowest BCUT2D eigenvalue weighted by atomic mass is 10.2. The van der Waals surface area contributed by atoms with Crippen molar-refractivity contribution < 1.29 is 18.7 Å². The van der Waals surface area contributed by atoms with Crippen LogP contribution in [0.25, 0.3) is 15.9 Å². The van der Waals surface area contributed by atoms with Gasteiger partial charge in [-0.2, -0.15) is 0 Å². The molecule has 1 N–H and O–H groups in total. The Labute approximate surface area is 196 Å². The van der Waals surface area contributed by atoms with Crippen molar-refractivity contribution in [3.8, 4) is 17.2 Å². The molecule has 1 amide bonds. The van der Waals surface area contributed by atoms with Crippen molar-refractivity contribution in [2.75, 3.05) is 12.5 Å². The Kier molecular flexibility index (Phi) is 5.77. The number of thiophene rings is 1. The Morgan fingerprint density at radius 3 is 2.91 bits per heavy atom. The number of rotatable bonds is 6. The van der Waals surface area contributed by atoms with E-state index in [1.54, 1.807) is 24.4 Å². The predicted molar refractivity (Wildman–Crippen MR) is 125 cm³/mol. The molecular formula is C23H18FN3O4S2. The van der Waals surface area contributed by atoms with Crippen molar-refractivity contribution >= 4 is 39.2 Å². The van der Waals surface area contributed by atoms with Crippen LogP contribution in [0.4, 0.5) is 4.39 Å². The number of halogens is 1. The lowest BCUT2D eigenvalue weighted by Gasteiger charge is -2.14. The summed E-state index contributed by atoms with van der Waals surface area (Å²) in [4.78, 5) is 30.3.